The number of hydrogen-bond acceptors (Lipinski definition) is 4. The Morgan fingerprint density at radius 3 is 2.48 bits per heavy atom. The fourth-order valence-electron chi connectivity index (χ4n) is 3.30. The van der Waals surface area contributed by atoms with Crippen LogP contribution in [-0.4, -0.2) is 26.4 Å². The molecule has 3 rings (SSSR count). The van der Waals surface area contributed by atoms with Gasteiger partial charge in [-0.25, -0.2) is 0 Å². The van der Waals surface area contributed by atoms with E-state index in [1.54, 1.807) is 19.2 Å². The molecule has 0 heterocycles. The zero-order valence-electron chi connectivity index (χ0n) is 15.7. The highest BCUT2D eigenvalue weighted by atomic mass is 19.3. The summed E-state index contributed by atoms with van der Waals surface area (Å²) in [4.78, 5) is 6.05. The summed E-state index contributed by atoms with van der Waals surface area (Å²) in [6.07, 6.45) is 0.303. The molecule has 2 aromatic rings. The molecule has 0 saturated carbocycles. The van der Waals surface area contributed by atoms with Gasteiger partial charge in [0.15, 0.2) is 0 Å². The third-order valence-corrected chi connectivity index (χ3v) is 4.57. The van der Waals surface area contributed by atoms with Gasteiger partial charge in [-0.2, -0.15) is 8.78 Å². The number of alkyl halides is 2. The van der Waals surface area contributed by atoms with Crippen LogP contribution in [0.4, 0.5) is 14.5 Å². The minimum Gasteiger partial charge on any atom is -0.433 e. The largest absolute Gasteiger partial charge is 0.433 e. The maximum Gasteiger partial charge on any atom is 0.394 e. The first-order valence-electron chi connectivity index (χ1n) is 8.73. The molecule has 2 aromatic carbocycles. The average Bonchev–Trinajstić information content (AvgIpc) is 2.61. The maximum absolute atomic E-state index is 13.0. The van der Waals surface area contributed by atoms with Crippen LogP contribution in [0.1, 0.15) is 30.0 Å². The predicted octanol–water partition coefficient (Wildman–Crippen LogP) is 4.44. The van der Waals surface area contributed by atoms with Crippen molar-refractivity contribution < 1.29 is 13.5 Å². The fourth-order valence-corrected chi connectivity index (χ4v) is 3.30. The van der Waals surface area contributed by atoms with Gasteiger partial charge in [0.05, 0.1) is 5.70 Å². The van der Waals surface area contributed by atoms with Gasteiger partial charge in [0.25, 0.3) is 0 Å². The summed E-state index contributed by atoms with van der Waals surface area (Å²) in [7, 11) is 3.67. The Hall–Kier alpha value is -2.89. The molecule has 6 heteroatoms. The number of nitrogens with two attached hydrogens (primary N) is 1. The van der Waals surface area contributed by atoms with E-state index in [0.717, 1.165) is 48.0 Å². The zero-order valence-corrected chi connectivity index (χ0v) is 15.7. The Bertz CT molecular complexity index is 883. The van der Waals surface area contributed by atoms with Crippen molar-refractivity contribution >= 4 is 17.6 Å². The van der Waals surface area contributed by atoms with Gasteiger partial charge in [-0.05, 0) is 54.3 Å². The van der Waals surface area contributed by atoms with Gasteiger partial charge in [0, 0.05) is 44.2 Å². The quantitative estimate of drug-likeness (QED) is 0.791. The summed E-state index contributed by atoms with van der Waals surface area (Å²) >= 11 is 0. The minimum absolute atomic E-state index is 0.126. The normalized spacial score (nSPS) is 14.4. The highest BCUT2D eigenvalue weighted by molar-refractivity contribution is 5.82. The van der Waals surface area contributed by atoms with E-state index in [4.69, 9.17) is 5.73 Å². The molecule has 0 atom stereocenters. The van der Waals surface area contributed by atoms with Gasteiger partial charge < -0.3 is 15.4 Å². The van der Waals surface area contributed by atoms with Crippen molar-refractivity contribution in [2.45, 2.75) is 25.9 Å². The number of nitrogens with zero attached hydrogens (tertiary/aromatic N) is 2. The Morgan fingerprint density at radius 2 is 1.85 bits per heavy atom. The van der Waals surface area contributed by atoms with Gasteiger partial charge in [0.1, 0.15) is 5.75 Å². The monoisotopic (exact) mass is 371 g/mol. The maximum atomic E-state index is 13.0. The second-order valence-corrected chi connectivity index (χ2v) is 6.63. The molecular formula is C21H23F2N3O. The molecule has 0 bridgehead atoms. The van der Waals surface area contributed by atoms with Crippen LogP contribution in [0.25, 0.3) is 5.70 Å². The molecule has 142 valence electrons. The number of benzene rings is 2. The highest BCUT2D eigenvalue weighted by Crippen LogP contribution is 2.33. The van der Waals surface area contributed by atoms with Gasteiger partial charge >= 0.3 is 6.11 Å². The van der Waals surface area contributed by atoms with Crippen LogP contribution < -0.4 is 15.4 Å². The Balaban J connectivity index is 1.86. The molecule has 0 saturated heterocycles. The van der Waals surface area contributed by atoms with E-state index in [1.807, 2.05) is 30.3 Å². The number of hydrogen-bond donors (Lipinski definition) is 1. The van der Waals surface area contributed by atoms with Crippen molar-refractivity contribution in [2.24, 2.45) is 10.7 Å². The number of aliphatic imine (C=N–C) groups is 1. The van der Waals surface area contributed by atoms with Gasteiger partial charge in [-0.1, -0.05) is 12.1 Å². The first-order valence-corrected chi connectivity index (χ1v) is 8.73. The molecule has 1 aliphatic carbocycles. The number of halogens is 2. The molecule has 1 aliphatic rings. The SMILES string of the molecule is C/N=C/c1ccc2c(c1)CCC(N(C)c1ccc(OC(C)(F)F)cc1)=C2N. The van der Waals surface area contributed by atoms with E-state index < -0.39 is 6.11 Å². The lowest BCUT2D eigenvalue weighted by atomic mass is 9.90. The summed E-state index contributed by atoms with van der Waals surface area (Å²) < 4.78 is 30.5. The zero-order chi connectivity index (χ0) is 19.6. The molecule has 0 unspecified atom stereocenters. The second-order valence-electron chi connectivity index (χ2n) is 6.63. The molecule has 0 spiro atoms. The first-order chi connectivity index (χ1) is 12.8. The van der Waals surface area contributed by atoms with Crippen LogP contribution in [0.3, 0.4) is 0 Å². The van der Waals surface area contributed by atoms with Crippen molar-refractivity contribution in [1.29, 1.82) is 0 Å². The molecule has 0 fully saturated rings. The summed E-state index contributed by atoms with van der Waals surface area (Å²) in [6, 6.07) is 12.7. The second kappa shape index (κ2) is 7.39. The minimum atomic E-state index is -3.20. The van der Waals surface area contributed by atoms with Crippen LogP contribution >= 0.6 is 0 Å². The lowest BCUT2D eigenvalue weighted by molar-refractivity contribution is -0.158. The Kier molecular flexibility index (Phi) is 5.17. The standard InChI is InChI=1S/C21H23F2N3O/c1-21(22,23)27-17-8-6-16(7-9-17)26(3)19-11-5-15-12-14(13-25-2)4-10-18(15)20(19)24/h4,6-10,12-13H,5,11,24H2,1-3H3/b25-13+. The van der Waals surface area contributed by atoms with Crippen molar-refractivity contribution in [3.8, 4) is 5.75 Å². The van der Waals surface area contributed by atoms with Crippen LogP contribution in [0.15, 0.2) is 53.2 Å². The number of allylic oxidation sites excluding steroid dienone is 1. The predicted molar refractivity (Wildman–Crippen MR) is 105 cm³/mol. The van der Waals surface area contributed by atoms with Gasteiger partial charge in [-0.3, -0.25) is 4.99 Å². The molecule has 0 amide bonds. The van der Waals surface area contributed by atoms with Crippen molar-refractivity contribution in [1.82, 2.24) is 0 Å². The fraction of sp³-hybridized carbons (Fsp3) is 0.286. The van der Waals surface area contributed by atoms with Crippen LogP contribution in [-0.2, 0) is 6.42 Å². The molecule has 4 nitrogen and oxygen atoms in total. The third kappa shape index (κ3) is 4.27. The first kappa shape index (κ1) is 18.9. The topological polar surface area (TPSA) is 50.8 Å². The van der Waals surface area contributed by atoms with Gasteiger partial charge in [-0.15, -0.1) is 0 Å². The van der Waals surface area contributed by atoms with Crippen LogP contribution in [0.2, 0.25) is 0 Å². The van der Waals surface area contributed by atoms with Crippen LogP contribution in [0.5, 0.6) is 5.75 Å². The van der Waals surface area contributed by atoms with E-state index in [2.05, 4.69) is 15.8 Å². The third-order valence-electron chi connectivity index (χ3n) is 4.57. The Morgan fingerprint density at radius 1 is 1.15 bits per heavy atom. The van der Waals surface area contributed by atoms with E-state index in [0.29, 0.717) is 0 Å². The molecule has 27 heavy (non-hydrogen) atoms. The lowest BCUT2D eigenvalue weighted by Gasteiger charge is -2.29. The summed E-state index contributed by atoms with van der Waals surface area (Å²) in [5.41, 5.74) is 12.3. The lowest BCUT2D eigenvalue weighted by Crippen LogP contribution is -2.24. The molecule has 0 aliphatic heterocycles. The number of ether oxygens (including phenoxy) is 1. The smallest absolute Gasteiger partial charge is 0.394 e. The Labute approximate surface area is 158 Å². The van der Waals surface area contributed by atoms with Crippen LogP contribution in [0, 0.1) is 0 Å². The van der Waals surface area contributed by atoms with E-state index in [9.17, 15) is 8.78 Å². The number of anilines is 1. The number of aryl methyl sites for hydroxylation is 1. The van der Waals surface area contributed by atoms with E-state index >= 15 is 0 Å². The highest BCUT2D eigenvalue weighted by Gasteiger charge is 2.24. The van der Waals surface area contributed by atoms with Crippen molar-refractivity contribution in [2.75, 3.05) is 19.0 Å². The molecule has 2 N–H and O–H groups in total. The van der Waals surface area contributed by atoms with E-state index in [1.165, 1.54) is 17.7 Å². The molecular weight excluding hydrogens is 348 g/mol. The number of rotatable bonds is 5. The number of fused-ring (bicyclic) bond motifs is 1. The average molecular weight is 371 g/mol. The summed E-state index contributed by atoms with van der Waals surface area (Å²) in [6.45, 7) is 0.718. The molecule has 0 aromatic heterocycles. The van der Waals surface area contributed by atoms with E-state index in [-0.39, 0.29) is 5.75 Å². The van der Waals surface area contributed by atoms with Crippen molar-refractivity contribution in [3.63, 3.8) is 0 Å². The van der Waals surface area contributed by atoms with Gasteiger partial charge in [0.2, 0.25) is 0 Å². The summed E-state index contributed by atoms with van der Waals surface area (Å²) in [5.74, 6) is 0.126. The molecule has 0 radical (unpaired) electrons. The van der Waals surface area contributed by atoms with Crippen molar-refractivity contribution in [3.05, 3.63) is 64.9 Å². The summed E-state index contributed by atoms with van der Waals surface area (Å²) in [5, 5.41) is 0.